The van der Waals surface area contributed by atoms with Crippen LogP contribution in [0.4, 0.5) is 0 Å². The van der Waals surface area contributed by atoms with Gasteiger partial charge in [0.15, 0.2) is 0 Å². The summed E-state index contributed by atoms with van der Waals surface area (Å²) in [7, 11) is 0. The van der Waals surface area contributed by atoms with Crippen molar-refractivity contribution < 1.29 is 21.3 Å². The SMILES string of the molecule is CC=O.[Ni]. The number of rotatable bonds is 0. The molecule has 2 heteroatoms. The molecule has 0 aliphatic carbocycles. The maximum Gasteiger partial charge on any atom is 0.116 e. The second kappa shape index (κ2) is 10.9. The Hall–Kier alpha value is 0.164. The van der Waals surface area contributed by atoms with E-state index < -0.39 is 0 Å². The van der Waals surface area contributed by atoms with E-state index in [4.69, 9.17) is 4.79 Å². The van der Waals surface area contributed by atoms with Crippen LogP contribution in [0, 0.1) is 0 Å². The fourth-order valence-corrected chi connectivity index (χ4v) is 0. The molecule has 0 spiro atoms. The van der Waals surface area contributed by atoms with E-state index in [-0.39, 0.29) is 16.5 Å². The van der Waals surface area contributed by atoms with Crippen molar-refractivity contribution in [3.63, 3.8) is 0 Å². The fraction of sp³-hybridized carbons (Fsp3) is 0.500. The third-order valence-electron chi connectivity index (χ3n) is 0. The fourth-order valence-electron chi connectivity index (χ4n) is 0. The van der Waals surface area contributed by atoms with E-state index in [0.717, 1.165) is 6.29 Å². The molecule has 0 saturated carbocycles. The molecule has 0 aromatic heterocycles. The molecule has 28 valence electrons. The normalized spacial score (nSPS) is 3.25. The van der Waals surface area contributed by atoms with Crippen LogP contribution in [0.25, 0.3) is 0 Å². The van der Waals surface area contributed by atoms with Gasteiger partial charge in [0, 0.05) is 16.5 Å². The van der Waals surface area contributed by atoms with Gasteiger partial charge < -0.3 is 4.79 Å². The smallest absolute Gasteiger partial charge is 0.116 e. The van der Waals surface area contributed by atoms with E-state index in [1.165, 1.54) is 6.92 Å². The van der Waals surface area contributed by atoms with Gasteiger partial charge in [0.2, 0.25) is 0 Å². The van der Waals surface area contributed by atoms with Crippen LogP contribution >= 0.6 is 0 Å². The zero-order chi connectivity index (χ0) is 2.71. The van der Waals surface area contributed by atoms with Gasteiger partial charge in [-0.15, -0.1) is 0 Å². The Labute approximate surface area is 35.3 Å². The van der Waals surface area contributed by atoms with Crippen molar-refractivity contribution >= 4 is 6.29 Å². The predicted octanol–water partition coefficient (Wildman–Crippen LogP) is 0.203. The molecule has 0 N–H and O–H groups in total. The molecule has 0 radical (unpaired) electrons. The molecule has 0 rings (SSSR count). The molecule has 0 aliphatic rings. The maximum atomic E-state index is 8.81. The largest absolute Gasteiger partial charge is 0.304 e. The molecule has 0 aromatic rings. The number of carbonyl (C=O) groups excluding carboxylic acids is 1. The minimum absolute atomic E-state index is 0. The zero-order valence-electron chi connectivity index (χ0n) is 2.30. The van der Waals surface area contributed by atoms with Crippen molar-refractivity contribution in [2.75, 3.05) is 0 Å². The maximum absolute atomic E-state index is 8.81. The van der Waals surface area contributed by atoms with E-state index >= 15 is 0 Å². The number of hydrogen-bond donors (Lipinski definition) is 0. The third-order valence-corrected chi connectivity index (χ3v) is 0. The van der Waals surface area contributed by atoms with E-state index in [2.05, 4.69) is 0 Å². The van der Waals surface area contributed by atoms with Crippen LogP contribution in [0.15, 0.2) is 0 Å². The van der Waals surface area contributed by atoms with Crippen LogP contribution in [0.3, 0.4) is 0 Å². The van der Waals surface area contributed by atoms with Crippen LogP contribution in [0.1, 0.15) is 6.92 Å². The Morgan fingerprint density at radius 1 is 1.75 bits per heavy atom. The summed E-state index contributed by atoms with van der Waals surface area (Å²) in [6, 6.07) is 0. The molecule has 0 aliphatic heterocycles. The zero-order valence-corrected chi connectivity index (χ0v) is 3.29. The summed E-state index contributed by atoms with van der Waals surface area (Å²) in [4.78, 5) is 8.81. The van der Waals surface area contributed by atoms with Gasteiger partial charge >= 0.3 is 0 Å². The third kappa shape index (κ3) is 110. The topological polar surface area (TPSA) is 17.1 Å². The summed E-state index contributed by atoms with van der Waals surface area (Å²) in [6.07, 6.45) is 0.750. The van der Waals surface area contributed by atoms with E-state index in [0.29, 0.717) is 0 Å². The predicted molar refractivity (Wildman–Crippen MR) is 11.7 cm³/mol. The minimum atomic E-state index is 0. The Kier molecular flexibility index (Phi) is 24.3. The van der Waals surface area contributed by atoms with Gasteiger partial charge in [0.05, 0.1) is 0 Å². The first kappa shape index (κ1) is 8.90. The van der Waals surface area contributed by atoms with E-state index in [1.54, 1.807) is 0 Å². The van der Waals surface area contributed by atoms with E-state index in [1.807, 2.05) is 0 Å². The molecule has 0 bridgehead atoms. The molecule has 0 unspecified atom stereocenters. The molecule has 0 saturated heterocycles. The summed E-state index contributed by atoms with van der Waals surface area (Å²) < 4.78 is 0. The average molecular weight is 103 g/mol. The van der Waals surface area contributed by atoms with Crippen LogP contribution in [-0.2, 0) is 21.3 Å². The van der Waals surface area contributed by atoms with Gasteiger partial charge in [0.25, 0.3) is 0 Å². The van der Waals surface area contributed by atoms with Gasteiger partial charge in [-0.25, -0.2) is 0 Å². The van der Waals surface area contributed by atoms with Crippen LogP contribution < -0.4 is 0 Å². The molecule has 0 amide bonds. The Morgan fingerprint density at radius 2 is 1.75 bits per heavy atom. The van der Waals surface area contributed by atoms with Gasteiger partial charge in [0.1, 0.15) is 6.29 Å². The quantitative estimate of drug-likeness (QED) is 0.316. The van der Waals surface area contributed by atoms with Gasteiger partial charge in [-0.2, -0.15) is 0 Å². The number of aldehydes is 1. The molecule has 0 fully saturated rings. The Bertz CT molecular complexity index is 13.5. The Morgan fingerprint density at radius 3 is 1.75 bits per heavy atom. The first-order chi connectivity index (χ1) is 1.41. The monoisotopic (exact) mass is 102 g/mol. The summed E-state index contributed by atoms with van der Waals surface area (Å²) >= 11 is 0. The summed E-state index contributed by atoms with van der Waals surface area (Å²) in [5.74, 6) is 0. The number of hydrogen-bond acceptors (Lipinski definition) is 1. The second-order valence-electron chi connectivity index (χ2n) is 0.236. The van der Waals surface area contributed by atoms with Crippen molar-refractivity contribution in [1.82, 2.24) is 0 Å². The summed E-state index contributed by atoms with van der Waals surface area (Å²) in [6.45, 7) is 1.44. The molecule has 0 aromatic carbocycles. The van der Waals surface area contributed by atoms with Crippen LogP contribution in [-0.4, -0.2) is 6.29 Å². The van der Waals surface area contributed by atoms with Crippen molar-refractivity contribution in [1.29, 1.82) is 0 Å². The molecule has 0 heterocycles. The summed E-state index contributed by atoms with van der Waals surface area (Å²) in [5, 5.41) is 0. The molecular formula is C2H4NiO. The minimum Gasteiger partial charge on any atom is -0.304 e. The van der Waals surface area contributed by atoms with Crippen molar-refractivity contribution in [2.45, 2.75) is 6.92 Å². The molecule has 0 atom stereocenters. The summed E-state index contributed by atoms with van der Waals surface area (Å²) in [5.41, 5.74) is 0. The number of carbonyl (C=O) groups is 1. The average Bonchev–Trinajstić information content (AvgIpc) is 0.918. The Balaban J connectivity index is 0. The van der Waals surface area contributed by atoms with Gasteiger partial charge in [-0.05, 0) is 6.92 Å². The molecular weight excluding hydrogens is 98.7 g/mol. The van der Waals surface area contributed by atoms with E-state index in [9.17, 15) is 0 Å². The van der Waals surface area contributed by atoms with Gasteiger partial charge in [-0.3, -0.25) is 0 Å². The first-order valence-electron chi connectivity index (χ1n) is 0.813. The standard InChI is InChI=1S/C2H4O.Ni/c1-2-3;/h2H,1H3;. The molecule has 1 nitrogen and oxygen atoms in total. The first-order valence-corrected chi connectivity index (χ1v) is 0.813. The van der Waals surface area contributed by atoms with Gasteiger partial charge in [-0.1, -0.05) is 0 Å². The van der Waals surface area contributed by atoms with Crippen LogP contribution in [0.2, 0.25) is 0 Å². The van der Waals surface area contributed by atoms with Crippen molar-refractivity contribution in [3.8, 4) is 0 Å². The van der Waals surface area contributed by atoms with Crippen LogP contribution in [0.5, 0.6) is 0 Å². The molecule has 4 heavy (non-hydrogen) atoms. The van der Waals surface area contributed by atoms with Crippen molar-refractivity contribution in [3.05, 3.63) is 0 Å². The van der Waals surface area contributed by atoms with Crippen molar-refractivity contribution in [2.24, 2.45) is 0 Å². The second-order valence-corrected chi connectivity index (χ2v) is 0.236.